The van der Waals surface area contributed by atoms with E-state index in [1.54, 1.807) is 0 Å². The van der Waals surface area contributed by atoms with Gasteiger partial charge in [-0.2, -0.15) is 0 Å². The summed E-state index contributed by atoms with van der Waals surface area (Å²) in [6.07, 6.45) is 0. The Bertz CT molecular complexity index is 3690. The van der Waals surface area contributed by atoms with Gasteiger partial charge in [-0.15, -0.1) is 0 Å². The van der Waals surface area contributed by atoms with Crippen LogP contribution in [0.2, 0.25) is 0 Å². The first kappa shape index (κ1) is 39.2. The summed E-state index contributed by atoms with van der Waals surface area (Å²) in [7, 11) is 0. The minimum absolute atomic E-state index is 0.0640. The molecule has 68 heavy (non-hydrogen) atoms. The van der Waals surface area contributed by atoms with Crippen LogP contribution in [0.5, 0.6) is 0 Å². The van der Waals surface area contributed by atoms with E-state index in [0.717, 1.165) is 17.1 Å². The minimum Gasteiger partial charge on any atom is -0.310 e. The lowest BCUT2D eigenvalue weighted by atomic mass is 9.70. The number of fused-ring (bicyclic) bond motifs is 16. The highest BCUT2D eigenvalue weighted by atomic mass is 15.1. The van der Waals surface area contributed by atoms with Crippen LogP contribution >= 0.6 is 0 Å². The molecule has 10 aromatic carbocycles. The topological polar surface area (TPSA) is 3.24 Å². The normalized spacial score (nSPS) is 15.1. The van der Waals surface area contributed by atoms with Gasteiger partial charge >= 0.3 is 0 Å². The molecule has 0 bridgehead atoms. The molecule has 0 saturated heterocycles. The predicted octanol–water partition coefficient (Wildman–Crippen LogP) is 17.4. The maximum Gasteiger partial charge on any atom is 0.0726 e. The lowest BCUT2D eigenvalue weighted by Crippen LogP contribution is -2.26. The van der Waals surface area contributed by atoms with Crippen molar-refractivity contribution >= 4 is 17.1 Å². The molecule has 0 aromatic heterocycles. The van der Waals surface area contributed by atoms with E-state index in [1.165, 1.54) is 111 Å². The van der Waals surface area contributed by atoms with Crippen molar-refractivity contribution in [2.45, 2.75) is 43.9 Å². The van der Waals surface area contributed by atoms with Gasteiger partial charge in [-0.1, -0.05) is 210 Å². The van der Waals surface area contributed by atoms with Gasteiger partial charge < -0.3 is 4.90 Å². The van der Waals surface area contributed by atoms with E-state index in [9.17, 15) is 0 Å². The molecule has 322 valence electrons. The second-order valence-electron chi connectivity index (χ2n) is 20.4. The highest BCUT2D eigenvalue weighted by molar-refractivity contribution is 5.97. The SMILES string of the molecule is CC1(C)c2ccccc2-c2ccc(-c3ccc(N(c4cccc(-c5cccc6c5C(C)(C)c5ccccc5-6)c4)c4ccc5c(c4)C4(c6ccccc6-c6ccccc64)c4ccccc4-5)cc3)cc21. The fourth-order valence-electron chi connectivity index (χ4n) is 13.3. The van der Waals surface area contributed by atoms with Gasteiger partial charge in [-0.3, -0.25) is 0 Å². The Labute approximate surface area is 399 Å². The first-order valence-electron chi connectivity index (χ1n) is 24.2. The summed E-state index contributed by atoms with van der Waals surface area (Å²) in [4.78, 5) is 2.49. The van der Waals surface area contributed by atoms with Crippen molar-refractivity contribution in [3.8, 4) is 66.8 Å². The Hall–Kier alpha value is -8.00. The van der Waals surface area contributed by atoms with Crippen molar-refractivity contribution < 1.29 is 0 Å². The zero-order chi connectivity index (χ0) is 45.5. The largest absolute Gasteiger partial charge is 0.310 e. The molecular formula is C67H49N. The van der Waals surface area contributed by atoms with Crippen LogP contribution in [0.25, 0.3) is 66.8 Å². The van der Waals surface area contributed by atoms with Crippen LogP contribution in [0.4, 0.5) is 17.1 Å². The third-order valence-corrected chi connectivity index (χ3v) is 16.3. The summed E-state index contributed by atoms with van der Waals surface area (Å²) in [5, 5.41) is 0. The Balaban J connectivity index is 0.954. The van der Waals surface area contributed by atoms with Gasteiger partial charge in [0.05, 0.1) is 5.41 Å². The molecule has 1 nitrogen and oxygen atoms in total. The summed E-state index contributed by atoms with van der Waals surface area (Å²) in [5.41, 5.74) is 29.2. The first-order chi connectivity index (χ1) is 33.2. The van der Waals surface area contributed by atoms with Gasteiger partial charge in [0, 0.05) is 27.9 Å². The lowest BCUT2D eigenvalue weighted by molar-refractivity contribution is 0.660. The van der Waals surface area contributed by atoms with Crippen LogP contribution in [0.1, 0.15) is 72.2 Å². The van der Waals surface area contributed by atoms with Crippen molar-refractivity contribution in [2.24, 2.45) is 0 Å². The molecule has 4 aliphatic carbocycles. The van der Waals surface area contributed by atoms with E-state index in [2.05, 4.69) is 257 Å². The zero-order valence-corrected chi connectivity index (χ0v) is 38.8. The van der Waals surface area contributed by atoms with Crippen molar-refractivity contribution in [3.05, 3.63) is 269 Å². The number of anilines is 3. The molecule has 0 amide bonds. The molecule has 0 aliphatic heterocycles. The minimum atomic E-state index is -0.446. The van der Waals surface area contributed by atoms with Gasteiger partial charge in [-0.05, 0) is 154 Å². The van der Waals surface area contributed by atoms with E-state index in [0.29, 0.717) is 0 Å². The van der Waals surface area contributed by atoms with Crippen molar-refractivity contribution in [1.29, 1.82) is 0 Å². The second-order valence-corrected chi connectivity index (χ2v) is 20.4. The fourth-order valence-corrected chi connectivity index (χ4v) is 13.3. The van der Waals surface area contributed by atoms with Gasteiger partial charge in [0.25, 0.3) is 0 Å². The number of rotatable bonds is 5. The summed E-state index contributed by atoms with van der Waals surface area (Å²) in [6, 6.07) is 84.9. The quantitative estimate of drug-likeness (QED) is 0.167. The Morgan fingerprint density at radius 2 is 0.676 bits per heavy atom. The molecule has 1 heteroatoms. The Morgan fingerprint density at radius 3 is 1.31 bits per heavy atom. The Morgan fingerprint density at radius 1 is 0.250 bits per heavy atom. The van der Waals surface area contributed by atoms with Crippen molar-refractivity contribution in [1.82, 2.24) is 0 Å². The number of hydrogen-bond acceptors (Lipinski definition) is 1. The van der Waals surface area contributed by atoms with E-state index in [-0.39, 0.29) is 10.8 Å². The number of nitrogens with zero attached hydrogens (tertiary/aromatic N) is 1. The molecule has 0 radical (unpaired) electrons. The third-order valence-electron chi connectivity index (χ3n) is 16.3. The zero-order valence-electron chi connectivity index (χ0n) is 38.8. The summed E-state index contributed by atoms with van der Waals surface area (Å²) >= 11 is 0. The van der Waals surface area contributed by atoms with E-state index < -0.39 is 5.41 Å². The summed E-state index contributed by atoms with van der Waals surface area (Å²) in [5.74, 6) is 0. The first-order valence-corrected chi connectivity index (χ1v) is 24.2. The average Bonchev–Trinajstić information content (AvgIpc) is 4.02. The van der Waals surface area contributed by atoms with Gasteiger partial charge in [0.1, 0.15) is 0 Å². The van der Waals surface area contributed by atoms with E-state index >= 15 is 0 Å². The molecule has 0 atom stereocenters. The molecule has 4 aliphatic rings. The highest BCUT2D eigenvalue weighted by Gasteiger charge is 2.51. The maximum absolute atomic E-state index is 2.51. The molecule has 0 fully saturated rings. The van der Waals surface area contributed by atoms with Crippen LogP contribution in [0.3, 0.4) is 0 Å². The third kappa shape index (κ3) is 5.17. The molecule has 1 spiro atoms. The second kappa shape index (κ2) is 14.0. The van der Waals surface area contributed by atoms with Crippen LogP contribution in [-0.4, -0.2) is 0 Å². The monoisotopic (exact) mass is 867 g/mol. The Kier molecular flexibility index (Phi) is 8.08. The molecule has 0 unspecified atom stereocenters. The van der Waals surface area contributed by atoms with Crippen LogP contribution in [0, 0.1) is 0 Å². The summed E-state index contributed by atoms with van der Waals surface area (Å²) in [6.45, 7) is 9.50. The van der Waals surface area contributed by atoms with E-state index in [1.807, 2.05) is 0 Å². The van der Waals surface area contributed by atoms with Crippen molar-refractivity contribution in [3.63, 3.8) is 0 Å². The van der Waals surface area contributed by atoms with Gasteiger partial charge in [0.15, 0.2) is 0 Å². The molecule has 0 saturated carbocycles. The van der Waals surface area contributed by atoms with Crippen molar-refractivity contribution in [2.75, 3.05) is 4.90 Å². The highest BCUT2D eigenvalue weighted by Crippen LogP contribution is 2.63. The average molecular weight is 868 g/mol. The molecule has 10 aromatic rings. The number of hydrogen-bond donors (Lipinski definition) is 0. The van der Waals surface area contributed by atoms with Gasteiger partial charge in [-0.25, -0.2) is 0 Å². The molecular weight excluding hydrogens is 819 g/mol. The molecule has 0 N–H and O–H groups in total. The fraction of sp³-hybridized carbons (Fsp3) is 0.104. The van der Waals surface area contributed by atoms with Crippen LogP contribution in [0.15, 0.2) is 224 Å². The lowest BCUT2D eigenvalue weighted by Gasteiger charge is -2.32. The van der Waals surface area contributed by atoms with Crippen LogP contribution < -0.4 is 4.90 Å². The number of benzene rings is 10. The maximum atomic E-state index is 2.51. The van der Waals surface area contributed by atoms with Gasteiger partial charge in [0.2, 0.25) is 0 Å². The molecule has 14 rings (SSSR count). The van der Waals surface area contributed by atoms with E-state index in [4.69, 9.17) is 0 Å². The standard InChI is InChI=1S/C67H49N/c1-65(2)57-26-10-5-19-49(57)54-37-33-43(40-62(54)65)42-31-34-45(35-32-42)68(46-18-15-17-44(39-46)48-24-16-25-56-53-23-6-11-27-58(53)66(3,4)64(48)56)47-36-38-55-52-22-9-14-30-61(52)67(63(55)41-47)59-28-12-7-20-50(59)51-21-8-13-29-60(51)67/h5-41H,1-4H3. The van der Waals surface area contributed by atoms with Crippen LogP contribution in [-0.2, 0) is 16.2 Å². The predicted molar refractivity (Wildman–Crippen MR) is 283 cm³/mol. The smallest absolute Gasteiger partial charge is 0.0726 e. The summed E-state index contributed by atoms with van der Waals surface area (Å²) < 4.78 is 0. The molecule has 0 heterocycles.